The lowest BCUT2D eigenvalue weighted by molar-refractivity contribution is 0.214. The Balaban J connectivity index is 2.26. The summed E-state index contributed by atoms with van der Waals surface area (Å²) in [5.74, 6) is -0.248. The molecule has 19 heavy (non-hydrogen) atoms. The van der Waals surface area contributed by atoms with Crippen LogP contribution in [-0.4, -0.2) is 44.5 Å². The van der Waals surface area contributed by atoms with Gasteiger partial charge >= 0.3 is 0 Å². The van der Waals surface area contributed by atoms with Gasteiger partial charge in [0.05, 0.1) is 17.5 Å². The lowest BCUT2D eigenvalue weighted by Crippen LogP contribution is -2.44. The molecular formula is C12H16ClFN2O2S. The Morgan fingerprint density at radius 3 is 2.53 bits per heavy atom. The molecule has 7 heteroatoms. The summed E-state index contributed by atoms with van der Waals surface area (Å²) in [4.78, 5) is 1.88. The smallest absolute Gasteiger partial charge is 0.152 e. The lowest BCUT2D eigenvalue weighted by Gasteiger charge is -2.34. The van der Waals surface area contributed by atoms with Crippen LogP contribution in [0.3, 0.4) is 0 Å². The first-order chi connectivity index (χ1) is 8.94. The van der Waals surface area contributed by atoms with Crippen molar-refractivity contribution in [3.63, 3.8) is 0 Å². The molecule has 1 aliphatic heterocycles. The number of sulfone groups is 1. The van der Waals surface area contributed by atoms with E-state index in [9.17, 15) is 12.8 Å². The minimum absolute atomic E-state index is 0.0789. The summed E-state index contributed by atoms with van der Waals surface area (Å²) >= 11 is 6.04. The van der Waals surface area contributed by atoms with Crippen molar-refractivity contribution in [3.05, 3.63) is 34.6 Å². The predicted octanol–water partition coefficient (Wildman–Crippen LogP) is 1.21. The molecule has 0 bridgehead atoms. The number of nitrogens with zero attached hydrogens (tertiary/aromatic N) is 1. The molecule has 1 heterocycles. The van der Waals surface area contributed by atoms with Crippen molar-refractivity contribution in [2.75, 3.05) is 31.1 Å². The van der Waals surface area contributed by atoms with Crippen LogP contribution in [0, 0.1) is 5.82 Å². The fourth-order valence-corrected chi connectivity index (χ4v) is 3.84. The molecule has 1 aliphatic rings. The average molecular weight is 307 g/mol. The molecular weight excluding hydrogens is 291 g/mol. The standard InChI is InChI=1S/C12H16ClFN2O2S/c13-9-2-1-3-10(14)12(9)11(8-15)16-4-6-19(17,18)7-5-16/h1-3,11H,4-8,15H2. The average Bonchev–Trinajstić information content (AvgIpc) is 2.35. The molecule has 0 amide bonds. The molecule has 1 saturated heterocycles. The first kappa shape index (κ1) is 14.7. The van der Waals surface area contributed by atoms with E-state index < -0.39 is 15.7 Å². The molecule has 1 aromatic rings. The van der Waals surface area contributed by atoms with Crippen LogP contribution < -0.4 is 5.73 Å². The van der Waals surface area contributed by atoms with Gasteiger partial charge in [-0.25, -0.2) is 12.8 Å². The summed E-state index contributed by atoms with van der Waals surface area (Å²) < 4.78 is 36.7. The van der Waals surface area contributed by atoms with Crippen molar-refractivity contribution in [1.29, 1.82) is 0 Å². The van der Waals surface area contributed by atoms with Crippen molar-refractivity contribution in [1.82, 2.24) is 4.90 Å². The first-order valence-corrected chi connectivity index (χ1v) is 8.23. The van der Waals surface area contributed by atoms with Gasteiger partial charge in [-0.05, 0) is 12.1 Å². The van der Waals surface area contributed by atoms with Crippen molar-refractivity contribution in [2.24, 2.45) is 5.73 Å². The fraction of sp³-hybridized carbons (Fsp3) is 0.500. The van der Waals surface area contributed by atoms with E-state index in [1.54, 1.807) is 6.07 Å². The largest absolute Gasteiger partial charge is 0.329 e. The molecule has 106 valence electrons. The molecule has 0 saturated carbocycles. The van der Waals surface area contributed by atoms with E-state index in [1.165, 1.54) is 12.1 Å². The Bertz CT molecular complexity index is 531. The molecule has 0 aliphatic carbocycles. The molecule has 1 atom stereocenters. The zero-order valence-electron chi connectivity index (χ0n) is 10.4. The van der Waals surface area contributed by atoms with Crippen LogP contribution >= 0.6 is 11.6 Å². The Labute approximate surface area is 117 Å². The third-order valence-electron chi connectivity index (χ3n) is 3.38. The maximum absolute atomic E-state index is 13.9. The van der Waals surface area contributed by atoms with Crippen molar-refractivity contribution < 1.29 is 12.8 Å². The van der Waals surface area contributed by atoms with Gasteiger partial charge in [0, 0.05) is 30.2 Å². The molecule has 0 spiro atoms. The monoisotopic (exact) mass is 306 g/mol. The third-order valence-corrected chi connectivity index (χ3v) is 5.31. The second-order valence-electron chi connectivity index (χ2n) is 4.57. The van der Waals surface area contributed by atoms with E-state index in [0.717, 1.165) is 0 Å². The summed E-state index contributed by atoms with van der Waals surface area (Å²) in [6.45, 7) is 0.907. The fourth-order valence-electron chi connectivity index (χ4n) is 2.32. The molecule has 1 unspecified atom stereocenters. The number of benzene rings is 1. The van der Waals surface area contributed by atoms with Gasteiger partial charge in [-0.15, -0.1) is 0 Å². The summed E-state index contributed by atoms with van der Waals surface area (Å²) in [5, 5.41) is 0.323. The van der Waals surface area contributed by atoms with Crippen molar-refractivity contribution in [2.45, 2.75) is 6.04 Å². The van der Waals surface area contributed by atoms with Crippen LogP contribution in [0.25, 0.3) is 0 Å². The highest BCUT2D eigenvalue weighted by molar-refractivity contribution is 7.91. The topological polar surface area (TPSA) is 63.4 Å². The van der Waals surface area contributed by atoms with Gasteiger partial charge in [-0.1, -0.05) is 17.7 Å². The maximum Gasteiger partial charge on any atom is 0.152 e. The van der Waals surface area contributed by atoms with Gasteiger partial charge in [0.15, 0.2) is 9.84 Å². The van der Waals surface area contributed by atoms with E-state index >= 15 is 0 Å². The number of nitrogens with two attached hydrogens (primary N) is 1. The summed E-state index contributed by atoms with van der Waals surface area (Å²) in [6.07, 6.45) is 0. The van der Waals surface area contributed by atoms with Gasteiger partial charge in [0.2, 0.25) is 0 Å². The molecule has 0 aromatic heterocycles. The van der Waals surface area contributed by atoms with Crippen LogP contribution in [0.4, 0.5) is 4.39 Å². The summed E-state index contributed by atoms with van der Waals surface area (Å²) in [6, 6.07) is 4.10. The molecule has 4 nitrogen and oxygen atoms in total. The van der Waals surface area contributed by atoms with E-state index in [-0.39, 0.29) is 24.1 Å². The molecule has 1 fully saturated rings. The quantitative estimate of drug-likeness (QED) is 0.912. The lowest BCUT2D eigenvalue weighted by atomic mass is 10.0. The van der Waals surface area contributed by atoms with Crippen LogP contribution in [0.1, 0.15) is 11.6 Å². The first-order valence-electron chi connectivity index (χ1n) is 6.03. The van der Waals surface area contributed by atoms with Crippen LogP contribution in [-0.2, 0) is 9.84 Å². The molecule has 2 rings (SSSR count). The number of halogens is 2. The normalized spacial score (nSPS) is 21.2. The minimum atomic E-state index is -2.97. The number of hydrogen-bond acceptors (Lipinski definition) is 4. The van der Waals surface area contributed by atoms with Gasteiger partial charge in [-0.3, -0.25) is 4.90 Å². The highest BCUT2D eigenvalue weighted by Crippen LogP contribution is 2.30. The predicted molar refractivity (Wildman–Crippen MR) is 73.4 cm³/mol. The Hall–Kier alpha value is -0.690. The van der Waals surface area contributed by atoms with Gasteiger partial charge in [0.25, 0.3) is 0 Å². The van der Waals surface area contributed by atoms with Crippen LogP contribution in [0.2, 0.25) is 5.02 Å². The van der Waals surface area contributed by atoms with Gasteiger partial charge in [0.1, 0.15) is 5.82 Å². The highest BCUT2D eigenvalue weighted by Gasteiger charge is 2.29. The molecule has 2 N–H and O–H groups in total. The molecule has 1 aromatic carbocycles. The van der Waals surface area contributed by atoms with Crippen molar-refractivity contribution in [3.8, 4) is 0 Å². The highest BCUT2D eigenvalue weighted by atomic mass is 35.5. The van der Waals surface area contributed by atoms with Crippen molar-refractivity contribution >= 4 is 21.4 Å². The minimum Gasteiger partial charge on any atom is -0.329 e. The van der Waals surface area contributed by atoms with E-state index in [0.29, 0.717) is 23.7 Å². The maximum atomic E-state index is 13.9. The van der Waals surface area contributed by atoms with E-state index in [1.807, 2.05) is 4.90 Å². The van der Waals surface area contributed by atoms with E-state index in [2.05, 4.69) is 0 Å². The second kappa shape index (κ2) is 5.75. The van der Waals surface area contributed by atoms with Gasteiger partial charge < -0.3 is 5.73 Å². The van der Waals surface area contributed by atoms with Gasteiger partial charge in [-0.2, -0.15) is 0 Å². The van der Waals surface area contributed by atoms with E-state index in [4.69, 9.17) is 17.3 Å². The zero-order valence-corrected chi connectivity index (χ0v) is 11.9. The number of hydrogen-bond donors (Lipinski definition) is 1. The van der Waals surface area contributed by atoms with Crippen LogP contribution in [0.5, 0.6) is 0 Å². The Kier molecular flexibility index (Phi) is 4.45. The Morgan fingerprint density at radius 1 is 1.37 bits per heavy atom. The zero-order chi connectivity index (χ0) is 14.0. The SMILES string of the molecule is NCC(c1c(F)cccc1Cl)N1CCS(=O)(=O)CC1. The summed E-state index contributed by atoms with van der Waals surface area (Å²) in [7, 11) is -2.97. The number of rotatable bonds is 3. The summed E-state index contributed by atoms with van der Waals surface area (Å²) in [5.41, 5.74) is 6.08. The Morgan fingerprint density at radius 2 is 2.00 bits per heavy atom. The van der Waals surface area contributed by atoms with Crippen LogP contribution in [0.15, 0.2) is 18.2 Å². The second-order valence-corrected chi connectivity index (χ2v) is 7.29. The molecule has 0 radical (unpaired) electrons. The third kappa shape index (κ3) is 3.25.